The monoisotopic (exact) mass is 250 g/mol. The van der Waals surface area contributed by atoms with Crippen LogP contribution in [0.2, 0.25) is 0 Å². The first-order valence-electron chi connectivity index (χ1n) is 6.49. The van der Waals surface area contributed by atoms with Crippen LogP contribution in [0.15, 0.2) is 18.2 Å². The molecule has 0 aromatic heterocycles. The van der Waals surface area contributed by atoms with Crippen LogP contribution in [0.5, 0.6) is 5.75 Å². The van der Waals surface area contributed by atoms with E-state index in [1.54, 1.807) is 0 Å². The van der Waals surface area contributed by atoms with Gasteiger partial charge in [-0.2, -0.15) is 0 Å². The van der Waals surface area contributed by atoms with Crippen molar-refractivity contribution in [3.63, 3.8) is 0 Å². The van der Waals surface area contributed by atoms with Gasteiger partial charge in [0.05, 0.1) is 19.6 Å². The lowest BCUT2D eigenvalue weighted by Gasteiger charge is -2.09. The molecular weight excluding hydrogens is 228 g/mol. The predicted octanol–water partition coefficient (Wildman–Crippen LogP) is 3.42. The molecule has 100 valence electrons. The summed E-state index contributed by atoms with van der Waals surface area (Å²) in [5.41, 5.74) is 2.30. The number of carbonyl (C=O) groups excluding carboxylic acids is 1. The average Bonchev–Trinajstić information content (AvgIpc) is 2.32. The molecule has 0 bridgehead atoms. The van der Waals surface area contributed by atoms with E-state index in [0.717, 1.165) is 24.2 Å². The Bertz CT molecular complexity index is 385. The maximum atomic E-state index is 11.3. The van der Waals surface area contributed by atoms with Crippen molar-refractivity contribution in [1.29, 1.82) is 0 Å². The Hall–Kier alpha value is -1.51. The first kappa shape index (κ1) is 14.6. The van der Waals surface area contributed by atoms with Crippen LogP contribution in [0.25, 0.3) is 0 Å². The van der Waals surface area contributed by atoms with E-state index in [4.69, 9.17) is 9.47 Å². The van der Waals surface area contributed by atoms with Gasteiger partial charge in [-0.3, -0.25) is 4.79 Å². The summed E-state index contributed by atoms with van der Waals surface area (Å²) in [6.07, 6.45) is 2.26. The summed E-state index contributed by atoms with van der Waals surface area (Å²) >= 11 is 0. The number of hydrogen-bond donors (Lipinski definition) is 0. The molecule has 3 heteroatoms. The highest BCUT2D eigenvalue weighted by Gasteiger charge is 2.04. The molecule has 1 rings (SSSR count). The molecule has 3 nitrogen and oxygen atoms in total. The van der Waals surface area contributed by atoms with Crippen LogP contribution in [0, 0.1) is 13.8 Å². The van der Waals surface area contributed by atoms with Gasteiger partial charge in [0.25, 0.3) is 0 Å². The van der Waals surface area contributed by atoms with Crippen LogP contribution in [-0.4, -0.2) is 19.2 Å². The highest BCUT2D eigenvalue weighted by molar-refractivity contribution is 5.69. The van der Waals surface area contributed by atoms with Gasteiger partial charge in [0, 0.05) is 0 Å². The molecule has 0 aliphatic heterocycles. The van der Waals surface area contributed by atoms with Gasteiger partial charge in [0.15, 0.2) is 0 Å². The highest BCUT2D eigenvalue weighted by Crippen LogP contribution is 2.18. The standard InChI is InChI=1S/C15H22O3/c1-4-5-9-18-15(16)8-10-17-14-7-6-12(2)11-13(14)3/h6-7,11H,4-5,8-10H2,1-3H3. The second kappa shape index (κ2) is 7.75. The number of unbranched alkanes of at least 4 members (excludes halogenated alkanes) is 1. The van der Waals surface area contributed by atoms with Crippen molar-refractivity contribution in [2.75, 3.05) is 13.2 Å². The molecule has 0 spiro atoms. The number of benzene rings is 1. The summed E-state index contributed by atoms with van der Waals surface area (Å²) in [5, 5.41) is 0. The Morgan fingerprint density at radius 2 is 2.00 bits per heavy atom. The van der Waals surface area contributed by atoms with Crippen molar-refractivity contribution in [2.45, 2.75) is 40.0 Å². The van der Waals surface area contributed by atoms with Gasteiger partial charge in [-0.15, -0.1) is 0 Å². The molecule has 0 radical (unpaired) electrons. The van der Waals surface area contributed by atoms with Crippen molar-refractivity contribution in [3.05, 3.63) is 29.3 Å². The SMILES string of the molecule is CCCCOC(=O)CCOc1ccc(C)cc1C. The molecule has 0 atom stereocenters. The van der Waals surface area contributed by atoms with Crippen molar-refractivity contribution < 1.29 is 14.3 Å². The largest absolute Gasteiger partial charge is 0.493 e. The second-order valence-electron chi connectivity index (χ2n) is 4.44. The predicted molar refractivity (Wildman–Crippen MR) is 71.9 cm³/mol. The second-order valence-corrected chi connectivity index (χ2v) is 4.44. The summed E-state index contributed by atoms with van der Waals surface area (Å²) in [6, 6.07) is 6.00. The van der Waals surface area contributed by atoms with Crippen molar-refractivity contribution in [3.8, 4) is 5.75 Å². The molecular formula is C15H22O3. The summed E-state index contributed by atoms with van der Waals surface area (Å²) < 4.78 is 10.6. The van der Waals surface area contributed by atoms with Crippen LogP contribution >= 0.6 is 0 Å². The smallest absolute Gasteiger partial charge is 0.309 e. The Morgan fingerprint density at radius 1 is 1.22 bits per heavy atom. The van der Waals surface area contributed by atoms with Gasteiger partial charge in [-0.1, -0.05) is 31.0 Å². The van der Waals surface area contributed by atoms with Gasteiger partial charge in [0.2, 0.25) is 0 Å². The van der Waals surface area contributed by atoms with E-state index in [1.807, 2.05) is 26.0 Å². The topological polar surface area (TPSA) is 35.5 Å². The van der Waals surface area contributed by atoms with Crippen LogP contribution in [0.4, 0.5) is 0 Å². The third-order valence-corrected chi connectivity index (χ3v) is 2.66. The zero-order valence-electron chi connectivity index (χ0n) is 11.5. The van der Waals surface area contributed by atoms with Gasteiger partial charge in [-0.25, -0.2) is 0 Å². The normalized spacial score (nSPS) is 10.2. The van der Waals surface area contributed by atoms with Gasteiger partial charge in [0.1, 0.15) is 5.75 Å². The van der Waals surface area contributed by atoms with Crippen LogP contribution in [-0.2, 0) is 9.53 Å². The van der Waals surface area contributed by atoms with E-state index in [2.05, 4.69) is 13.0 Å². The zero-order valence-corrected chi connectivity index (χ0v) is 11.5. The number of rotatable bonds is 7. The number of aryl methyl sites for hydroxylation is 2. The van der Waals surface area contributed by atoms with E-state index in [0.29, 0.717) is 19.6 Å². The van der Waals surface area contributed by atoms with Gasteiger partial charge in [-0.05, 0) is 31.9 Å². The van der Waals surface area contributed by atoms with E-state index in [-0.39, 0.29) is 5.97 Å². The van der Waals surface area contributed by atoms with E-state index >= 15 is 0 Å². The summed E-state index contributed by atoms with van der Waals surface area (Å²) in [7, 11) is 0. The van der Waals surface area contributed by atoms with Crippen molar-refractivity contribution in [2.24, 2.45) is 0 Å². The van der Waals surface area contributed by atoms with Crippen LogP contribution in [0.1, 0.15) is 37.3 Å². The first-order chi connectivity index (χ1) is 8.63. The molecule has 0 heterocycles. The molecule has 0 N–H and O–H groups in total. The van der Waals surface area contributed by atoms with E-state index < -0.39 is 0 Å². The minimum atomic E-state index is -0.187. The molecule has 0 aliphatic carbocycles. The molecule has 1 aromatic rings. The maximum Gasteiger partial charge on any atom is 0.309 e. The highest BCUT2D eigenvalue weighted by atomic mass is 16.5. The minimum Gasteiger partial charge on any atom is -0.493 e. The van der Waals surface area contributed by atoms with E-state index in [1.165, 1.54) is 5.56 Å². The van der Waals surface area contributed by atoms with Crippen LogP contribution in [0.3, 0.4) is 0 Å². The van der Waals surface area contributed by atoms with Gasteiger partial charge < -0.3 is 9.47 Å². The van der Waals surface area contributed by atoms with Crippen molar-refractivity contribution >= 4 is 5.97 Å². The lowest BCUT2D eigenvalue weighted by atomic mass is 10.1. The third-order valence-electron chi connectivity index (χ3n) is 2.66. The van der Waals surface area contributed by atoms with Gasteiger partial charge >= 0.3 is 5.97 Å². The Balaban J connectivity index is 2.26. The number of hydrogen-bond acceptors (Lipinski definition) is 3. The Labute approximate surface area is 109 Å². The molecule has 0 saturated carbocycles. The lowest BCUT2D eigenvalue weighted by molar-refractivity contribution is -0.144. The van der Waals surface area contributed by atoms with Crippen LogP contribution < -0.4 is 4.74 Å². The Morgan fingerprint density at radius 3 is 2.67 bits per heavy atom. The molecule has 0 unspecified atom stereocenters. The molecule has 18 heavy (non-hydrogen) atoms. The number of ether oxygens (including phenoxy) is 2. The Kier molecular flexibility index (Phi) is 6.26. The minimum absolute atomic E-state index is 0.187. The lowest BCUT2D eigenvalue weighted by Crippen LogP contribution is -2.11. The molecule has 0 amide bonds. The molecule has 1 aromatic carbocycles. The third kappa shape index (κ3) is 5.21. The van der Waals surface area contributed by atoms with E-state index in [9.17, 15) is 4.79 Å². The average molecular weight is 250 g/mol. The summed E-state index contributed by atoms with van der Waals surface area (Å²) in [4.78, 5) is 11.3. The van der Waals surface area contributed by atoms with Crippen molar-refractivity contribution in [1.82, 2.24) is 0 Å². The summed E-state index contributed by atoms with van der Waals surface area (Å²) in [5.74, 6) is 0.648. The quantitative estimate of drug-likeness (QED) is 0.549. The maximum absolute atomic E-state index is 11.3. The fraction of sp³-hybridized carbons (Fsp3) is 0.533. The fourth-order valence-electron chi connectivity index (χ4n) is 1.61. The zero-order chi connectivity index (χ0) is 13.4. The molecule has 0 aliphatic rings. The first-order valence-corrected chi connectivity index (χ1v) is 6.49. The molecule has 0 saturated heterocycles. The number of carbonyl (C=O) groups is 1. The fourth-order valence-corrected chi connectivity index (χ4v) is 1.61. The summed E-state index contributed by atoms with van der Waals surface area (Å²) in [6.45, 7) is 6.99. The molecule has 0 fully saturated rings. The number of esters is 1.